The third kappa shape index (κ3) is 3.97. The van der Waals surface area contributed by atoms with Crippen LogP contribution >= 0.6 is 0 Å². The highest BCUT2D eigenvalue weighted by atomic mass is 19.1. The molecule has 0 atom stereocenters. The van der Waals surface area contributed by atoms with Crippen molar-refractivity contribution in [1.29, 1.82) is 0 Å². The third-order valence-electron chi connectivity index (χ3n) is 3.92. The first-order valence-corrected chi connectivity index (χ1v) is 8.55. The average molecular weight is 370 g/mol. The third-order valence-corrected chi connectivity index (χ3v) is 3.92. The minimum atomic E-state index is -0.669. The largest absolute Gasteiger partial charge is 0.487 e. The van der Waals surface area contributed by atoms with Gasteiger partial charge in [-0.1, -0.05) is 30.3 Å². The van der Waals surface area contributed by atoms with Crippen LogP contribution in [0.15, 0.2) is 53.3 Å². The van der Waals surface area contributed by atoms with Gasteiger partial charge >= 0.3 is 5.97 Å². The van der Waals surface area contributed by atoms with Gasteiger partial charge in [-0.25, -0.2) is 13.9 Å². The number of esters is 1. The van der Waals surface area contributed by atoms with Crippen LogP contribution in [0.4, 0.5) is 4.39 Å². The zero-order valence-electron chi connectivity index (χ0n) is 15.0. The van der Waals surface area contributed by atoms with Gasteiger partial charge in [0.05, 0.1) is 11.4 Å². The quantitative estimate of drug-likeness (QED) is 0.492. The number of hydrogen-bond acceptors (Lipinski definition) is 5. The van der Waals surface area contributed by atoms with Crippen molar-refractivity contribution in [3.63, 3.8) is 0 Å². The lowest BCUT2D eigenvalue weighted by Gasteiger charge is -2.13. The summed E-state index contributed by atoms with van der Waals surface area (Å²) in [6.45, 7) is 3.53. The van der Waals surface area contributed by atoms with Crippen molar-refractivity contribution in [3.8, 4) is 5.75 Å². The monoisotopic (exact) mass is 370 g/mol. The highest BCUT2D eigenvalue weighted by Gasteiger charge is 2.19. The van der Waals surface area contributed by atoms with Gasteiger partial charge in [0, 0.05) is 5.39 Å². The maximum absolute atomic E-state index is 13.5. The highest BCUT2D eigenvalue weighted by Crippen LogP contribution is 2.17. The molecule has 0 N–H and O–H groups in total. The van der Waals surface area contributed by atoms with Crippen LogP contribution in [-0.2, 0) is 4.74 Å². The second-order valence-electron chi connectivity index (χ2n) is 6.15. The van der Waals surface area contributed by atoms with E-state index in [0.29, 0.717) is 10.8 Å². The fourth-order valence-electron chi connectivity index (χ4n) is 2.62. The number of ether oxygens (including phenoxy) is 2. The Kier molecular flexibility index (Phi) is 5.49. The number of halogens is 1. The number of fused-ring (bicyclic) bond motifs is 1. The number of benzene rings is 2. The summed E-state index contributed by atoms with van der Waals surface area (Å²) in [5, 5.41) is 5.01. The molecule has 0 aliphatic rings. The van der Waals surface area contributed by atoms with E-state index in [4.69, 9.17) is 9.47 Å². The molecule has 140 valence electrons. The predicted molar refractivity (Wildman–Crippen MR) is 98.6 cm³/mol. The Balaban J connectivity index is 1.76. The van der Waals surface area contributed by atoms with Crippen molar-refractivity contribution in [2.24, 2.45) is 0 Å². The minimum absolute atomic E-state index is 0.00553. The Morgan fingerprint density at radius 3 is 2.44 bits per heavy atom. The molecule has 7 heteroatoms. The van der Waals surface area contributed by atoms with E-state index in [1.807, 2.05) is 0 Å². The molecule has 0 amide bonds. The Labute approximate surface area is 155 Å². The maximum atomic E-state index is 13.5. The van der Waals surface area contributed by atoms with Crippen molar-refractivity contribution in [2.75, 3.05) is 13.2 Å². The summed E-state index contributed by atoms with van der Waals surface area (Å²) in [5.41, 5.74) is -0.204. The summed E-state index contributed by atoms with van der Waals surface area (Å²) in [4.78, 5) is 25.0. The Hall–Kier alpha value is -3.22. The molecule has 1 aromatic heterocycles. The van der Waals surface area contributed by atoms with E-state index in [1.165, 1.54) is 16.8 Å². The first-order valence-electron chi connectivity index (χ1n) is 8.55. The van der Waals surface area contributed by atoms with Crippen LogP contribution < -0.4 is 10.3 Å². The normalized spacial score (nSPS) is 11.0. The molecule has 0 spiro atoms. The molecule has 0 aliphatic heterocycles. The van der Waals surface area contributed by atoms with Gasteiger partial charge in [0.1, 0.15) is 13.2 Å². The Morgan fingerprint density at radius 2 is 1.74 bits per heavy atom. The minimum Gasteiger partial charge on any atom is -0.487 e. The molecule has 0 aliphatic carbocycles. The first-order chi connectivity index (χ1) is 13.0. The lowest BCUT2D eigenvalue weighted by Crippen LogP contribution is -2.28. The number of carbonyl (C=O) groups is 1. The maximum Gasteiger partial charge on any atom is 0.359 e. The lowest BCUT2D eigenvalue weighted by molar-refractivity contribution is 0.0441. The van der Waals surface area contributed by atoms with Gasteiger partial charge in [0.25, 0.3) is 5.56 Å². The zero-order chi connectivity index (χ0) is 19.4. The topological polar surface area (TPSA) is 70.4 Å². The van der Waals surface area contributed by atoms with Crippen LogP contribution in [0.3, 0.4) is 0 Å². The Bertz CT molecular complexity index is 1030. The molecular formula is C20H19FN2O4. The van der Waals surface area contributed by atoms with Crippen LogP contribution in [0.2, 0.25) is 0 Å². The molecule has 0 bridgehead atoms. The summed E-state index contributed by atoms with van der Waals surface area (Å²) in [7, 11) is 0. The molecule has 0 unspecified atom stereocenters. The van der Waals surface area contributed by atoms with Crippen LogP contribution in [0.5, 0.6) is 5.75 Å². The first kappa shape index (κ1) is 18.6. The molecule has 3 aromatic rings. The van der Waals surface area contributed by atoms with Gasteiger partial charge in [0.15, 0.2) is 17.3 Å². The van der Waals surface area contributed by atoms with Gasteiger partial charge in [0.2, 0.25) is 0 Å². The summed E-state index contributed by atoms with van der Waals surface area (Å²) >= 11 is 0. The van der Waals surface area contributed by atoms with Crippen molar-refractivity contribution < 1.29 is 18.7 Å². The van der Waals surface area contributed by atoms with Crippen molar-refractivity contribution in [3.05, 3.63) is 70.4 Å². The number of nitrogens with zero attached hydrogens (tertiary/aromatic N) is 2. The van der Waals surface area contributed by atoms with Crippen molar-refractivity contribution in [1.82, 2.24) is 9.78 Å². The lowest BCUT2D eigenvalue weighted by atomic mass is 10.1. The van der Waals surface area contributed by atoms with Crippen molar-refractivity contribution in [2.45, 2.75) is 19.9 Å². The van der Waals surface area contributed by atoms with Gasteiger partial charge < -0.3 is 9.47 Å². The van der Waals surface area contributed by atoms with E-state index >= 15 is 0 Å². The van der Waals surface area contributed by atoms with Gasteiger partial charge in [-0.15, -0.1) is 0 Å². The van der Waals surface area contributed by atoms with E-state index in [2.05, 4.69) is 5.10 Å². The predicted octanol–water partition coefficient (Wildman–Crippen LogP) is 3.35. The number of rotatable bonds is 6. The summed E-state index contributed by atoms with van der Waals surface area (Å²) in [6, 6.07) is 12.5. The molecule has 0 radical (unpaired) electrons. The van der Waals surface area contributed by atoms with Crippen LogP contribution in [-0.4, -0.2) is 29.0 Å². The molecule has 0 fully saturated rings. The van der Waals surface area contributed by atoms with E-state index < -0.39 is 11.8 Å². The van der Waals surface area contributed by atoms with Gasteiger partial charge in [-0.2, -0.15) is 5.10 Å². The second kappa shape index (κ2) is 7.99. The Morgan fingerprint density at radius 1 is 1.07 bits per heavy atom. The van der Waals surface area contributed by atoms with Gasteiger partial charge in [-0.05, 0) is 32.0 Å². The fraction of sp³-hybridized carbons (Fsp3) is 0.250. The molecule has 27 heavy (non-hydrogen) atoms. The number of aromatic nitrogens is 2. The van der Waals surface area contributed by atoms with Crippen molar-refractivity contribution >= 4 is 16.7 Å². The molecule has 2 aromatic carbocycles. The zero-order valence-corrected chi connectivity index (χ0v) is 15.0. The standard InChI is InChI=1S/C20H19FN2O4/c1-13(2)23-19(24)15-8-4-3-7-14(15)18(22-23)20(25)27-12-11-26-17-10-6-5-9-16(17)21/h3-10,13H,11-12H2,1-2H3. The molecular weight excluding hydrogens is 351 g/mol. The van der Waals surface area contributed by atoms with E-state index in [-0.39, 0.29) is 36.3 Å². The van der Waals surface area contributed by atoms with Crippen LogP contribution in [0.1, 0.15) is 30.4 Å². The number of hydrogen-bond donors (Lipinski definition) is 0. The summed E-state index contributed by atoms with van der Waals surface area (Å²) in [6.07, 6.45) is 0. The highest BCUT2D eigenvalue weighted by molar-refractivity contribution is 6.02. The van der Waals surface area contributed by atoms with Crippen LogP contribution in [0.25, 0.3) is 10.8 Å². The molecule has 0 saturated heterocycles. The molecule has 1 heterocycles. The summed E-state index contributed by atoms with van der Waals surface area (Å²) < 4.78 is 25.2. The smallest absolute Gasteiger partial charge is 0.359 e. The summed E-state index contributed by atoms with van der Waals surface area (Å²) in [5.74, 6) is -1.07. The SMILES string of the molecule is CC(C)n1nc(C(=O)OCCOc2ccccc2F)c2ccccc2c1=O. The average Bonchev–Trinajstić information content (AvgIpc) is 2.66. The fourth-order valence-corrected chi connectivity index (χ4v) is 2.62. The number of carbonyl (C=O) groups excluding carboxylic acids is 1. The molecule has 6 nitrogen and oxygen atoms in total. The van der Waals surface area contributed by atoms with E-state index in [0.717, 1.165) is 0 Å². The van der Waals surface area contributed by atoms with Gasteiger partial charge in [-0.3, -0.25) is 4.79 Å². The van der Waals surface area contributed by atoms with E-state index in [1.54, 1.807) is 50.2 Å². The van der Waals surface area contributed by atoms with Crippen LogP contribution in [0, 0.1) is 5.82 Å². The molecule has 0 saturated carbocycles. The van der Waals surface area contributed by atoms with E-state index in [9.17, 15) is 14.0 Å². The second-order valence-corrected chi connectivity index (χ2v) is 6.15. The number of para-hydroxylation sites is 1. The molecule has 3 rings (SSSR count).